The Balaban J connectivity index is 3.53. The number of carbonyl (C=O) groups excluding carboxylic acids is 1. The number of pyridine rings is 1. The number of aldehydes is 1. The number of hydrogen-bond donors (Lipinski definition) is 0. The van der Waals surface area contributed by atoms with Crippen molar-refractivity contribution in [2.24, 2.45) is 0 Å². The number of carbonyl (C=O) groups is 1. The van der Waals surface area contributed by atoms with Crippen LogP contribution in [-0.4, -0.2) is 11.3 Å². The van der Waals surface area contributed by atoms with Crippen LogP contribution in [0, 0.1) is 0 Å². The van der Waals surface area contributed by atoms with Gasteiger partial charge in [-0.05, 0) is 15.9 Å². The highest BCUT2D eigenvalue weighted by Gasteiger charge is 2.38. The lowest BCUT2D eigenvalue weighted by molar-refractivity contribution is -0.138. The summed E-state index contributed by atoms with van der Waals surface area (Å²) >= 11 is 2.39. The number of alkyl halides is 5. The van der Waals surface area contributed by atoms with Crippen LogP contribution in [0.5, 0.6) is 0 Å². The lowest BCUT2D eigenvalue weighted by atomic mass is 10.1. The van der Waals surface area contributed by atoms with E-state index in [0.717, 1.165) is 0 Å². The molecule has 8 heteroatoms. The first-order chi connectivity index (χ1) is 7.29. The van der Waals surface area contributed by atoms with Gasteiger partial charge in [0.15, 0.2) is 6.29 Å². The van der Waals surface area contributed by atoms with Gasteiger partial charge in [-0.15, -0.1) is 0 Å². The summed E-state index contributed by atoms with van der Waals surface area (Å²) in [7, 11) is 0. The predicted molar refractivity (Wildman–Crippen MR) is 47.3 cm³/mol. The van der Waals surface area contributed by atoms with Gasteiger partial charge in [-0.1, -0.05) is 0 Å². The third kappa shape index (κ3) is 2.37. The third-order valence-electron chi connectivity index (χ3n) is 1.69. The predicted octanol–water partition coefficient (Wildman–Crippen LogP) is 3.61. The zero-order valence-corrected chi connectivity index (χ0v) is 8.94. The monoisotopic (exact) mass is 303 g/mol. The topological polar surface area (TPSA) is 30.0 Å². The molecular weight excluding hydrogens is 301 g/mol. The Bertz CT molecular complexity index is 418. The quantitative estimate of drug-likeness (QED) is 0.617. The van der Waals surface area contributed by atoms with Crippen LogP contribution < -0.4 is 0 Å². The van der Waals surface area contributed by atoms with Gasteiger partial charge in [0.2, 0.25) is 0 Å². The summed E-state index contributed by atoms with van der Waals surface area (Å²) in [6, 6.07) is 0. The number of halogens is 6. The van der Waals surface area contributed by atoms with Gasteiger partial charge in [-0.3, -0.25) is 9.78 Å². The minimum atomic E-state index is -4.90. The van der Waals surface area contributed by atoms with Gasteiger partial charge in [0.25, 0.3) is 6.43 Å². The van der Waals surface area contributed by atoms with Crippen molar-refractivity contribution in [3.05, 3.63) is 27.5 Å². The van der Waals surface area contributed by atoms with Gasteiger partial charge < -0.3 is 0 Å². The first kappa shape index (κ1) is 13.0. The van der Waals surface area contributed by atoms with Gasteiger partial charge in [0.1, 0.15) is 5.69 Å². The average molecular weight is 304 g/mol. The van der Waals surface area contributed by atoms with E-state index < -0.39 is 33.9 Å². The molecule has 1 rings (SSSR count). The van der Waals surface area contributed by atoms with E-state index in [1.54, 1.807) is 0 Å². The number of aromatic nitrogens is 1. The first-order valence-electron chi connectivity index (χ1n) is 3.78. The summed E-state index contributed by atoms with van der Waals surface area (Å²) in [4.78, 5) is 13.5. The molecule has 0 aliphatic rings. The van der Waals surface area contributed by atoms with Crippen LogP contribution in [0.3, 0.4) is 0 Å². The second kappa shape index (κ2) is 4.44. The average Bonchev–Trinajstić information content (AvgIpc) is 2.14. The Morgan fingerprint density at radius 2 is 1.94 bits per heavy atom. The molecule has 0 bridgehead atoms. The van der Waals surface area contributed by atoms with Crippen molar-refractivity contribution in [3.8, 4) is 0 Å². The van der Waals surface area contributed by atoms with E-state index in [1.807, 2.05) is 0 Å². The Hall–Kier alpha value is -1.05. The number of rotatable bonds is 2. The molecule has 0 aliphatic heterocycles. The standard InChI is InChI=1S/C8H3BrF5NO/c9-5-4(8(12,13)14)3(2-16)1-15-6(5)7(10)11/h1-2,7H. The van der Waals surface area contributed by atoms with Gasteiger partial charge in [0.05, 0.1) is 10.0 Å². The molecule has 0 aromatic carbocycles. The van der Waals surface area contributed by atoms with Crippen LogP contribution in [0.15, 0.2) is 10.7 Å². The van der Waals surface area contributed by atoms with E-state index in [-0.39, 0.29) is 6.29 Å². The molecule has 1 heterocycles. The van der Waals surface area contributed by atoms with Crippen LogP contribution in [0.25, 0.3) is 0 Å². The number of hydrogen-bond acceptors (Lipinski definition) is 2. The maximum Gasteiger partial charge on any atom is 0.418 e. The highest BCUT2D eigenvalue weighted by Crippen LogP contribution is 2.39. The summed E-state index contributed by atoms with van der Waals surface area (Å²) in [5.41, 5.74) is -3.27. The normalized spacial score (nSPS) is 11.9. The molecule has 0 radical (unpaired) electrons. The lowest BCUT2D eigenvalue weighted by Crippen LogP contribution is -2.13. The molecule has 0 unspecified atom stereocenters. The Morgan fingerprint density at radius 3 is 2.31 bits per heavy atom. The van der Waals surface area contributed by atoms with Gasteiger partial charge in [0, 0.05) is 11.8 Å². The summed E-state index contributed by atoms with van der Waals surface area (Å²) in [5.74, 6) is 0. The summed E-state index contributed by atoms with van der Waals surface area (Å²) < 4.78 is 61.1. The van der Waals surface area contributed by atoms with E-state index in [4.69, 9.17) is 0 Å². The van der Waals surface area contributed by atoms with Crippen LogP contribution in [0.4, 0.5) is 22.0 Å². The van der Waals surface area contributed by atoms with Gasteiger partial charge in [-0.2, -0.15) is 13.2 Å². The van der Waals surface area contributed by atoms with Crippen LogP contribution >= 0.6 is 15.9 Å². The maximum absolute atomic E-state index is 12.5. The Kier molecular flexibility index (Phi) is 3.61. The molecule has 1 aromatic rings. The first-order valence-corrected chi connectivity index (χ1v) is 4.57. The summed E-state index contributed by atoms with van der Waals surface area (Å²) in [6.45, 7) is 0. The smallest absolute Gasteiger partial charge is 0.298 e. The molecular formula is C8H3BrF5NO. The molecule has 1 aromatic heterocycles. The van der Waals surface area contributed by atoms with Gasteiger partial charge >= 0.3 is 6.18 Å². The Morgan fingerprint density at radius 1 is 1.38 bits per heavy atom. The molecule has 0 spiro atoms. The zero-order chi connectivity index (χ0) is 12.5. The Labute approximate surface area is 94.6 Å². The highest BCUT2D eigenvalue weighted by atomic mass is 79.9. The van der Waals surface area contributed by atoms with Crippen molar-refractivity contribution in [2.45, 2.75) is 12.6 Å². The van der Waals surface area contributed by atoms with E-state index >= 15 is 0 Å². The van der Waals surface area contributed by atoms with E-state index in [1.165, 1.54) is 0 Å². The van der Waals surface area contributed by atoms with Gasteiger partial charge in [-0.25, -0.2) is 8.78 Å². The SMILES string of the molecule is O=Cc1cnc(C(F)F)c(Br)c1C(F)(F)F. The lowest BCUT2D eigenvalue weighted by Gasteiger charge is -2.13. The molecule has 16 heavy (non-hydrogen) atoms. The molecule has 0 amide bonds. The minimum Gasteiger partial charge on any atom is -0.298 e. The fourth-order valence-corrected chi connectivity index (χ4v) is 1.77. The molecule has 0 fully saturated rings. The minimum absolute atomic E-state index is 0.0875. The van der Waals surface area contributed by atoms with Crippen LogP contribution in [0.2, 0.25) is 0 Å². The second-order valence-corrected chi connectivity index (χ2v) is 3.50. The van der Waals surface area contributed by atoms with Crippen LogP contribution in [-0.2, 0) is 6.18 Å². The molecule has 2 nitrogen and oxygen atoms in total. The molecule has 0 aliphatic carbocycles. The van der Waals surface area contributed by atoms with E-state index in [0.29, 0.717) is 6.20 Å². The van der Waals surface area contributed by atoms with Crippen molar-refractivity contribution in [2.75, 3.05) is 0 Å². The molecule has 0 N–H and O–H groups in total. The largest absolute Gasteiger partial charge is 0.418 e. The maximum atomic E-state index is 12.5. The third-order valence-corrected chi connectivity index (χ3v) is 2.50. The zero-order valence-electron chi connectivity index (χ0n) is 7.36. The fourth-order valence-electron chi connectivity index (χ4n) is 1.04. The molecule has 88 valence electrons. The fraction of sp³-hybridized carbons (Fsp3) is 0.250. The summed E-state index contributed by atoms with van der Waals surface area (Å²) in [5, 5.41) is 0. The van der Waals surface area contributed by atoms with E-state index in [2.05, 4.69) is 20.9 Å². The van der Waals surface area contributed by atoms with Crippen molar-refractivity contribution in [3.63, 3.8) is 0 Å². The van der Waals surface area contributed by atoms with Crippen molar-refractivity contribution in [1.29, 1.82) is 0 Å². The van der Waals surface area contributed by atoms with Crippen molar-refractivity contribution >= 4 is 22.2 Å². The molecule has 0 saturated heterocycles. The van der Waals surface area contributed by atoms with Crippen LogP contribution in [0.1, 0.15) is 28.0 Å². The molecule has 0 saturated carbocycles. The number of nitrogens with zero attached hydrogens (tertiary/aromatic N) is 1. The highest BCUT2D eigenvalue weighted by molar-refractivity contribution is 9.10. The van der Waals surface area contributed by atoms with E-state index in [9.17, 15) is 26.7 Å². The summed E-state index contributed by atoms with van der Waals surface area (Å²) in [6.07, 6.45) is -7.67. The molecule has 0 atom stereocenters. The van der Waals surface area contributed by atoms with Crippen molar-refractivity contribution in [1.82, 2.24) is 4.98 Å². The second-order valence-electron chi connectivity index (χ2n) is 2.70. The van der Waals surface area contributed by atoms with Crippen molar-refractivity contribution < 1.29 is 26.7 Å².